The zero-order valence-electron chi connectivity index (χ0n) is 38.0. The number of carbonyl (C=O) groups is 4. The summed E-state index contributed by atoms with van der Waals surface area (Å²) < 4.78 is 18.2. The fraction of sp³-hybridized carbons (Fsp3) is 0.520. The van der Waals surface area contributed by atoms with E-state index in [1.165, 1.54) is 11.1 Å². The van der Waals surface area contributed by atoms with Crippen molar-refractivity contribution in [3.05, 3.63) is 87.7 Å². The standard InChI is InChI=1S/C50H57Cl2FN10O4/c1-48(2)15-17-49(18-16-48)50(36-11-8-33(51)28-37(36)57-46(50)66)41(35-12-19-54-44(52)42(35)53)43(59-49)45(65)56-34-9-6-32(7-10-34)30-61-25-23-60(24-26-61)20-4-3-5-31-13-21-62-38(27-31)55-29-40(62)63-22-14-39(64)58-47(63)67/h8,11-13,19,21,27-29,32,34,41,43,59H,4,6-7,9-10,14-18,20,22-26,30H2,1-2H3,(H,56,65)(H,57,66)(H,58,64,67)/t32?,34?,41-,43?,50+/m0/s1. The van der Waals surface area contributed by atoms with Gasteiger partial charge < -0.3 is 15.5 Å². The predicted molar refractivity (Wildman–Crippen MR) is 255 cm³/mol. The van der Waals surface area contributed by atoms with Gasteiger partial charge in [0.05, 0.1) is 12.2 Å². The van der Waals surface area contributed by atoms with Gasteiger partial charge in [0, 0.05) is 105 Å². The first-order valence-electron chi connectivity index (χ1n) is 23.8. The molecule has 352 valence electrons. The number of imide groups is 1. The van der Waals surface area contributed by atoms with Gasteiger partial charge in [0.15, 0.2) is 11.0 Å². The zero-order valence-corrected chi connectivity index (χ0v) is 39.5. The second-order valence-corrected chi connectivity index (χ2v) is 21.0. The van der Waals surface area contributed by atoms with Crippen molar-refractivity contribution in [2.75, 3.05) is 56.0 Å². The van der Waals surface area contributed by atoms with Gasteiger partial charge in [-0.1, -0.05) is 55.0 Å². The van der Waals surface area contributed by atoms with Crippen LogP contribution in [0.1, 0.15) is 101 Å². The predicted octanol–water partition coefficient (Wildman–Crippen LogP) is 6.64. The van der Waals surface area contributed by atoms with Gasteiger partial charge in [-0.2, -0.15) is 0 Å². The molecule has 3 atom stereocenters. The number of anilines is 2. The molecule has 4 aliphatic heterocycles. The van der Waals surface area contributed by atoms with Gasteiger partial charge in [-0.3, -0.25) is 39.2 Å². The molecular weight excluding hydrogens is 895 g/mol. The van der Waals surface area contributed by atoms with Crippen LogP contribution in [0.3, 0.4) is 0 Å². The third-order valence-corrected chi connectivity index (χ3v) is 16.2. The van der Waals surface area contributed by atoms with Gasteiger partial charge in [0.25, 0.3) is 0 Å². The minimum absolute atomic E-state index is 0.0359. The topological polar surface area (TPSA) is 156 Å². The molecule has 17 heteroatoms. The van der Waals surface area contributed by atoms with E-state index in [0.29, 0.717) is 47.5 Å². The summed E-state index contributed by atoms with van der Waals surface area (Å²) in [6, 6.07) is 9.41. The van der Waals surface area contributed by atoms with E-state index >= 15 is 4.39 Å². The van der Waals surface area contributed by atoms with Crippen molar-refractivity contribution < 1.29 is 23.6 Å². The Kier molecular flexibility index (Phi) is 12.3. The minimum Gasteiger partial charge on any atom is -0.352 e. The lowest BCUT2D eigenvalue weighted by molar-refractivity contribution is -0.125. The largest absolute Gasteiger partial charge is 0.352 e. The molecular formula is C50H57Cl2FN10O4. The number of imidazole rings is 1. The summed E-state index contributed by atoms with van der Waals surface area (Å²) in [5.41, 5.74) is 0.959. The molecule has 4 N–H and O–H groups in total. The second-order valence-electron chi connectivity index (χ2n) is 20.2. The van der Waals surface area contributed by atoms with Crippen molar-refractivity contribution in [2.24, 2.45) is 11.3 Å². The molecule has 14 nitrogen and oxygen atoms in total. The van der Waals surface area contributed by atoms with E-state index in [4.69, 9.17) is 23.2 Å². The molecule has 2 saturated carbocycles. The number of piperazine rings is 1. The van der Waals surface area contributed by atoms with Gasteiger partial charge in [0.2, 0.25) is 17.7 Å². The molecule has 1 unspecified atom stereocenters. The molecule has 5 fully saturated rings. The van der Waals surface area contributed by atoms with Crippen molar-refractivity contribution >= 4 is 64.1 Å². The van der Waals surface area contributed by atoms with E-state index in [9.17, 15) is 19.2 Å². The highest BCUT2D eigenvalue weighted by Crippen LogP contribution is 2.64. The number of halogens is 3. The number of hydrogen-bond acceptors (Lipinski definition) is 9. The monoisotopic (exact) mass is 950 g/mol. The fourth-order valence-electron chi connectivity index (χ4n) is 12.1. The molecule has 1 aromatic carbocycles. The van der Waals surface area contributed by atoms with E-state index in [-0.39, 0.29) is 46.3 Å². The summed E-state index contributed by atoms with van der Waals surface area (Å²) in [5, 5.41) is 12.8. The number of pyridine rings is 2. The summed E-state index contributed by atoms with van der Waals surface area (Å²) >= 11 is 12.8. The maximum absolute atomic E-state index is 16.4. The molecule has 3 saturated heterocycles. The van der Waals surface area contributed by atoms with Crippen LogP contribution < -0.4 is 26.2 Å². The lowest BCUT2D eigenvalue weighted by Crippen LogP contribution is -2.61. The first kappa shape index (κ1) is 45.7. The highest BCUT2D eigenvalue weighted by atomic mass is 35.5. The molecule has 7 heterocycles. The van der Waals surface area contributed by atoms with Crippen LogP contribution in [-0.2, 0) is 19.8 Å². The molecule has 67 heavy (non-hydrogen) atoms. The molecule has 6 aliphatic rings. The molecule has 5 amide bonds. The highest BCUT2D eigenvalue weighted by Gasteiger charge is 2.73. The Morgan fingerprint density at radius 3 is 2.45 bits per heavy atom. The van der Waals surface area contributed by atoms with E-state index in [2.05, 4.69) is 66.7 Å². The van der Waals surface area contributed by atoms with Crippen molar-refractivity contribution in [1.29, 1.82) is 0 Å². The molecule has 0 radical (unpaired) electrons. The maximum Gasteiger partial charge on any atom is 0.329 e. The van der Waals surface area contributed by atoms with Crippen LogP contribution in [0.25, 0.3) is 5.65 Å². The number of amides is 5. The summed E-state index contributed by atoms with van der Waals surface area (Å²) in [4.78, 5) is 68.6. The summed E-state index contributed by atoms with van der Waals surface area (Å²) in [6.45, 7) is 10.7. The molecule has 10 rings (SSSR count). The Hall–Kier alpha value is -5.11. The fourth-order valence-corrected chi connectivity index (χ4v) is 12.4. The average Bonchev–Trinajstić information content (AvgIpc) is 3.95. The Morgan fingerprint density at radius 1 is 0.925 bits per heavy atom. The van der Waals surface area contributed by atoms with Crippen molar-refractivity contribution in [3.8, 4) is 11.8 Å². The number of nitrogens with zero attached hydrogens (tertiary/aromatic N) is 6. The average molecular weight is 952 g/mol. The van der Waals surface area contributed by atoms with Gasteiger partial charge in [-0.15, -0.1) is 0 Å². The van der Waals surface area contributed by atoms with Crippen molar-refractivity contribution in [1.82, 2.24) is 40.1 Å². The number of benzene rings is 1. The number of nitrogens with one attached hydrogen (secondary N) is 4. The zero-order chi connectivity index (χ0) is 46.7. The van der Waals surface area contributed by atoms with Crippen LogP contribution in [0, 0.1) is 29.0 Å². The maximum atomic E-state index is 16.4. The SMILES string of the molecule is CC1(C)CCC2(CC1)NC(C(=O)NC1CCC(CN3CCN(CCC#Cc4ccn5c(N6CCC(=O)NC6=O)cnc5c4)CC3)CC1)[C@H](c1ccnc(Cl)c1F)[C@]21C(=O)Nc2cc(Cl)ccc21. The van der Waals surface area contributed by atoms with Crippen LogP contribution in [0.5, 0.6) is 0 Å². The first-order valence-corrected chi connectivity index (χ1v) is 24.5. The Bertz CT molecular complexity index is 2670. The summed E-state index contributed by atoms with van der Waals surface area (Å²) in [6.07, 6.45) is 12.6. The van der Waals surface area contributed by atoms with Crippen LogP contribution in [0.15, 0.2) is 55.0 Å². The first-order chi connectivity index (χ1) is 32.2. The number of urea groups is 1. The second kappa shape index (κ2) is 18.1. The lowest BCUT2D eigenvalue weighted by atomic mass is 9.53. The molecule has 0 bridgehead atoms. The van der Waals surface area contributed by atoms with E-state index in [1.807, 2.05) is 28.8 Å². The number of fused-ring (bicyclic) bond motifs is 4. The minimum atomic E-state index is -1.31. The summed E-state index contributed by atoms with van der Waals surface area (Å²) in [7, 11) is 0. The van der Waals surface area contributed by atoms with Gasteiger partial charge in [0.1, 0.15) is 16.9 Å². The van der Waals surface area contributed by atoms with E-state index < -0.39 is 34.8 Å². The molecule has 4 aromatic rings. The lowest BCUT2D eigenvalue weighted by Gasteiger charge is -2.50. The van der Waals surface area contributed by atoms with Crippen LogP contribution in [0.2, 0.25) is 10.2 Å². The van der Waals surface area contributed by atoms with Crippen LogP contribution in [-0.4, -0.2) is 111 Å². The van der Waals surface area contributed by atoms with Crippen LogP contribution >= 0.6 is 23.2 Å². The quantitative estimate of drug-likeness (QED) is 0.112. The van der Waals surface area contributed by atoms with Crippen molar-refractivity contribution in [2.45, 2.75) is 107 Å². The van der Waals surface area contributed by atoms with Crippen LogP contribution in [0.4, 0.5) is 20.7 Å². The third-order valence-electron chi connectivity index (χ3n) is 15.7. The smallest absolute Gasteiger partial charge is 0.329 e. The molecule has 2 aliphatic carbocycles. The highest BCUT2D eigenvalue weighted by molar-refractivity contribution is 6.31. The number of rotatable bonds is 8. The van der Waals surface area contributed by atoms with E-state index in [1.54, 1.807) is 24.4 Å². The number of hydrogen-bond donors (Lipinski definition) is 4. The van der Waals surface area contributed by atoms with E-state index in [0.717, 1.165) is 95.3 Å². The third kappa shape index (κ3) is 8.47. The number of carbonyl (C=O) groups excluding carboxylic acids is 4. The number of aromatic nitrogens is 3. The Balaban J connectivity index is 0.742. The van der Waals surface area contributed by atoms with Gasteiger partial charge in [-0.25, -0.2) is 19.2 Å². The van der Waals surface area contributed by atoms with Gasteiger partial charge in [-0.05, 0) is 104 Å². The van der Waals surface area contributed by atoms with Crippen molar-refractivity contribution in [3.63, 3.8) is 0 Å². The van der Waals surface area contributed by atoms with Gasteiger partial charge >= 0.3 is 6.03 Å². The Labute approximate surface area is 400 Å². The molecule has 3 aromatic heterocycles. The Morgan fingerprint density at radius 2 is 1.69 bits per heavy atom. The molecule has 2 spiro atoms. The normalized spacial score (nSPS) is 27.2. The summed E-state index contributed by atoms with van der Waals surface area (Å²) in [5.74, 6) is 5.37.